The summed E-state index contributed by atoms with van der Waals surface area (Å²) < 4.78 is 44.8. The Bertz CT molecular complexity index is 1100. The first-order chi connectivity index (χ1) is 16.0. The summed E-state index contributed by atoms with van der Waals surface area (Å²) in [4.78, 5) is 13.1. The van der Waals surface area contributed by atoms with Gasteiger partial charge in [0.1, 0.15) is 5.75 Å². The van der Waals surface area contributed by atoms with Gasteiger partial charge in [-0.05, 0) is 68.7 Å². The predicted molar refractivity (Wildman–Crippen MR) is 128 cm³/mol. The molecular weight excluding hydrogens is 463 g/mol. The Balaban J connectivity index is 1.76. The smallest absolute Gasteiger partial charge is 0.416 e. The third-order valence-electron chi connectivity index (χ3n) is 5.64. The first-order valence-electron chi connectivity index (χ1n) is 10.9. The van der Waals surface area contributed by atoms with Crippen LogP contribution in [0.1, 0.15) is 43.4 Å². The van der Waals surface area contributed by atoms with E-state index in [9.17, 15) is 18.0 Å². The number of hydrogen-bond donors (Lipinski definition) is 1. The lowest BCUT2D eigenvalue weighted by Crippen LogP contribution is -2.51. The molecule has 180 valence electrons. The van der Waals surface area contributed by atoms with E-state index in [-0.39, 0.29) is 17.7 Å². The Morgan fingerprint density at radius 3 is 2.24 bits per heavy atom. The van der Waals surface area contributed by atoms with Crippen molar-refractivity contribution in [2.24, 2.45) is 0 Å². The average molecular weight is 490 g/mol. The average Bonchev–Trinajstić information content (AvgIpc) is 2.78. The third-order valence-corrected chi connectivity index (χ3v) is 5.89. The highest BCUT2D eigenvalue weighted by Crippen LogP contribution is 2.32. The monoisotopic (exact) mass is 489 g/mol. The van der Waals surface area contributed by atoms with Gasteiger partial charge in [0.2, 0.25) is 0 Å². The summed E-state index contributed by atoms with van der Waals surface area (Å²) >= 11 is 6.01. The summed E-state index contributed by atoms with van der Waals surface area (Å²) in [5.74, 6) is -0.492. The minimum absolute atomic E-state index is 0.0246. The van der Waals surface area contributed by atoms with Crippen LogP contribution in [0.4, 0.5) is 13.2 Å². The highest BCUT2D eigenvalue weighted by Gasteiger charge is 2.35. The van der Waals surface area contributed by atoms with Gasteiger partial charge in [-0.2, -0.15) is 13.2 Å². The van der Waals surface area contributed by atoms with E-state index >= 15 is 0 Å². The third kappa shape index (κ3) is 6.76. The van der Waals surface area contributed by atoms with Crippen molar-refractivity contribution < 1.29 is 22.7 Å². The van der Waals surface area contributed by atoms with Crippen LogP contribution in [0.2, 0.25) is 5.02 Å². The van der Waals surface area contributed by atoms with Gasteiger partial charge in [0.25, 0.3) is 5.91 Å². The summed E-state index contributed by atoms with van der Waals surface area (Å²) in [7, 11) is 0. The lowest BCUT2D eigenvalue weighted by Gasteiger charge is -2.31. The number of amides is 1. The molecule has 3 nitrogen and oxygen atoms in total. The van der Waals surface area contributed by atoms with Gasteiger partial charge in [-0.3, -0.25) is 4.79 Å². The van der Waals surface area contributed by atoms with Crippen LogP contribution in [0.15, 0.2) is 78.9 Å². The summed E-state index contributed by atoms with van der Waals surface area (Å²) in [5.41, 5.74) is -0.0950. The van der Waals surface area contributed by atoms with Crippen LogP contribution < -0.4 is 10.1 Å². The van der Waals surface area contributed by atoms with Crippen molar-refractivity contribution in [1.82, 2.24) is 5.32 Å². The van der Waals surface area contributed by atoms with Gasteiger partial charge < -0.3 is 10.1 Å². The van der Waals surface area contributed by atoms with Crippen molar-refractivity contribution >= 4 is 17.5 Å². The molecule has 0 radical (unpaired) electrons. The van der Waals surface area contributed by atoms with E-state index in [0.29, 0.717) is 11.4 Å². The zero-order valence-corrected chi connectivity index (χ0v) is 20.0. The summed E-state index contributed by atoms with van der Waals surface area (Å²) in [5, 5.41) is 3.65. The number of ether oxygens (including phenoxy) is 1. The van der Waals surface area contributed by atoms with E-state index in [1.54, 1.807) is 0 Å². The highest BCUT2D eigenvalue weighted by atomic mass is 35.5. The zero-order chi connectivity index (χ0) is 24.9. The van der Waals surface area contributed by atoms with Crippen molar-refractivity contribution in [3.63, 3.8) is 0 Å². The minimum Gasteiger partial charge on any atom is -0.478 e. The molecule has 0 heterocycles. The van der Waals surface area contributed by atoms with E-state index < -0.39 is 23.2 Å². The second kappa shape index (κ2) is 10.5. The molecule has 1 amide bonds. The molecule has 0 spiro atoms. The quantitative estimate of drug-likeness (QED) is 0.368. The molecule has 3 aromatic rings. The van der Waals surface area contributed by atoms with E-state index in [1.807, 2.05) is 61.5 Å². The van der Waals surface area contributed by atoms with Crippen molar-refractivity contribution in [2.75, 3.05) is 0 Å². The number of halogens is 4. The number of alkyl halides is 3. The number of hydrogen-bond acceptors (Lipinski definition) is 2. The van der Waals surface area contributed by atoms with E-state index in [4.69, 9.17) is 16.3 Å². The molecule has 2 unspecified atom stereocenters. The van der Waals surface area contributed by atoms with Gasteiger partial charge in [0.05, 0.1) is 5.56 Å². The fraction of sp³-hybridized carbons (Fsp3) is 0.296. The molecule has 0 aliphatic rings. The SMILES string of the molecule is CC(NC(=O)C(C)(C)Oc1cccc(C(F)(F)F)c1)C(Cc1ccc(Cl)cc1)c1ccccc1. The second-order valence-electron chi connectivity index (χ2n) is 8.75. The fourth-order valence-electron chi connectivity index (χ4n) is 3.72. The molecule has 0 fully saturated rings. The van der Waals surface area contributed by atoms with Crippen LogP contribution in [0, 0.1) is 0 Å². The van der Waals surface area contributed by atoms with Gasteiger partial charge in [0, 0.05) is 17.0 Å². The Kier molecular flexibility index (Phi) is 7.93. The van der Waals surface area contributed by atoms with Gasteiger partial charge >= 0.3 is 6.18 Å². The molecule has 0 aliphatic heterocycles. The van der Waals surface area contributed by atoms with Crippen LogP contribution in [-0.2, 0) is 17.4 Å². The van der Waals surface area contributed by atoms with Crippen LogP contribution in [0.25, 0.3) is 0 Å². The molecule has 0 saturated heterocycles. The molecular formula is C27H27ClF3NO2. The standard InChI is InChI=1S/C27H27ClF3NO2/c1-18(24(20-8-5-4-6-9-20)16-19-12-14-22(28)15-13-19)32-25(33)26(2,3)34-23-11-7-10-21(17-23)27(29,30)31/h4-15,17-18,24H,16H2,1-3H3,(H,32,33). The van der Waals surface area contributed by atoms with Crippen LogP contribution in [-0.4, -0.2) is 17.6 Å². The van der Waals surface area contributed by atoms with E-state index in [2.05, 4.69) is 5.32 Å². The molecule has 0 saturated carbocycles. The van der Waals surface area contributed by atoms with Gasteiger partial charge in [-0.15, -0.1) is 0 Å². The molecule has 3 aromatic carbocycles. The molecule has 34 heavy (non-hydrogen) atoms. The van der Waals surface area contributed by atoms with Gasteiger partial charge in [-0.25, -0.2) is 0 Å². The lowest BCUT2D eigenvalue weighted by molar-refractivity contribution is -0.138. The molecule has 2 atom stereocenters. The zero-order valence-electron chi connectivity index (χ0n) is 19.2. The molecule has 0 aliphatic carbocycles. The summed E-state index contributed by atoms with van der Waals surface area (Å²) in [6, 6.07) is 21.6. The largest absolute Gasteiger partial charge is 0.478 e. The highest BCUT2D eigenvalue weighted by molar-refractivity contribution is 6.30. The van der Waals surface area contributed by atoms with Crippen molar-refractivity contribution in [2.45, 2.75) is 50.9 Å². The number of carbonyl (C=O) groups excluding carboxylic acids is 1. The normalized spacial score (nSPS) is 13.7. The van der Waals surface area contributed by atoms with Crippen LogP contribution >= 0.6 is 11.6 Å². The Labute approximate surface area is 202 Å². The first-order valence-corrected chi connectivity index (χ1v) is 11.3. The molecule has 3 rings (SSSR count). The Morgan fingerprint density at radius 2 is 1.62 bits per heavy atom. The van der Waals surface area contributed by atoms with Gasteiger partial charge in [0.15, 0.2) is 5.60 Å². The van der Waals surface area contributed by atoms with Gasteiger partial charge in [-0.1, -0.05) is 60.1 Å². The number of benzene rings is 3. The van der Waals surface area contributed by atoms with E-state index in [0.717, 1.165) is 23.3 Å². The Morgan fingerprint density at radius 1 is 0.971 bits per heavy atom. The maximum Gasteiger partial charge on any atom is 0.416 e. The predicted octanol–water partition coefficient (Wildman–Crippen LogP) is 7.05. The maximum atomic E-state index is 13.1. The number of rotatable bonds is 8. The van der Waals surface area contributed by atoms with Crippen molar-refractivity contribution in [3.8, 4) is 5.75 Å². The molecule has 0 aromatic heterocycles. The van der Waals surface area contributed by atoms with Crippen LogP contribution in [0.5, 0.6) is 5.75 Å². The summed E-state index contributed by atoms with van der Waals surface area (Å²) in [6.45, 7) is 4.98. The maximum absolute atomic E-state index is 13.1. The second-order valence-corrected chi connectivity index (χ2v) is 9.18. The number of carbonyl (C=O) groups is 1. The summed E-state index contributed by atoms with van der Waals surface area (Å²) in [6.07, 6.45) is -3.83. The van der Waals surface area contributed by atoms with Crippen molar-refractivity contribution in [3.05, 3.63) is 101 Å². The topological polar surface area (TPSA) is 38.3 Å². The van der Waals surface area contributed by atoms with Crippen molar-refractivity contribution in [1.29, 1.82) is 0 Å². The number of nitrogens with one attached hydrogen (secondary N) is 1. The minimum atomic E-state index is -4.50. The fourth-order valence-corrected chi connectivity index (χ4v) is 3.84. The molecule has 7 heteroatoms. The lowest BCUT2D eigenvalue weighted by atomic mass is 9.86. The van der Waals surface area contributed by atoms with Crippen LogP contribution in [0.3, 0.4) is 0 Å². The molecule has 0 bridgehead atoms. The molecule has 1 N–H and O–H groups in total. The first kappa shape index (κ1) is 25.6. The van der Waals surface area contributed by atoms with E-state index in [1.165, 1.54) is 26.0 Å². The Hall–Kier alpha value is -2.99.